The van der Waals surface area contributed by atoms with E-state index in [0.717, 1.165) is 24.0 Å². The first-order chi connectivity index (χ1) is 7.62. The third kappa shape index (κ3) is 1.39. The van der Waals surface area contributed by atoms with Crippen molar-refractivity contribution in [1.29, 1.82) is 0 Å². The lowest BCUT2D eigenvalue weighted by atomic mass is 10.0. The predicted octanol–water partition coefficient (Wildman–Crippen LogP) is 2.40. The summed E-state index contributed by atoms with van der Waals surface area (Å²) < 4.78 is 11.1. The third-order valence-corrected chi connectivity index (χ3v) is 3.70. The van der Waals surface area contributed by atoms with E-state index in [1.54, 1.807) is 0 Å². The lowest BCUT2D eigenvalue weighted by molar-refractivity contribution is 0.147. The first-order valence-corrected chi connectivity index (χ1v) is 5.81. The van der Waals surface area contributed by atoms with Gasteiger partial charge in [-0.15, -0.1) is 0 Å². The molecule has 1 fully saturated rings. The van der Waals surface area contributed by atoms with Crippen LogP contribution < -0.4 is 9.47 Å². The molecule has 16 heavy (non-hydrogen) atoms. The fourth-order valence-electron chi connectivity index (χ4n) is 2.05. The van der Waals surface area contributed by atoms with Gasteiger partial charge in [0.2, 0.25) is 0 Å². The van der Waals surface area contributed by atoms with Crippen LogP contribution in [0.25, 0.3) is 0 Å². The van der Waals surface area contributed by atoms with E-state index in [1.165, 1.54) is 0 Å². The Bertz CT molecular complexity index is 452. The summed E-state index contributed by atoms with van der Waals surface area (Å²) in [5.74, 6) is 1.41. The van der Waals surface area contributed by atoms with E-state index in [2.05, 4.69) is 0 Å². The molecular weight excluding hydrogens is 228 g/mol. The van der Waals surface area contributed by atoms with Gasteiger partial charge in [0.1, 0.15) is 13.2 Å². The fourth-order valence-corrected chi connectivity index (χ4v) is 2.37. The van der Waals surface area contributed by atoms with Gasteiger partial charge in [0.05, 0.1) is 10.6 Å². The highest BCUT2D eigenvalue weighted by atomic mass is 35.5. The maximum Gasteiger partial charge on any atom is 0.165 e. The highest BCUT2D eigenvalue weighted by Gasteiger charge is 2.44. The molecule has 1 aliphatic heterocycles. The molecule has 0 bridgehead atoms. The summed E-state index contributed by atoms with van der Waals surface area (Å²) in [7, 11) is 0. The number of aliphatic hydroxyl groups is 1. The van der Waals surface area contributed by atoms with Crippen LogP contribution in [-0.4, -0.2) is 18.3 Å². The Labute approximate surface area is 98.9 Å². The van der Waals surface area contributed by atoms with Crippen LogP contribution in [0.1, 0.15) is 24.0 Å². The van der Waals surface area contributed by atoms with Crippen molar-refractivity contribution in [3.63, 3.8) is 0 Å². The van der Waals surface area contributed by atoms with Gasteiger partial charge >= 0.3 is 0 Å². The summed E-state index contributed by atoms with van der Waals surface area (Å²) in [6.07, 6.45) is 1.54. The van der Waals surface area contributed by atoms with E-state index < -0.39 is 5.60 Å². The first kappa shape index (κ1) is 10.2. The molecule has 0 unspecified atom stereocenters. The molecule has 4 heteroatoms. The number of hydrogen-bond donors (Lipinski definition) is 1. The smallest absolute Gasteiger partial charge is 0.165 e. The summed E-state index contributed by atoms with van der Waals surface area (Å²) in [5, 5.41) is 10.7. The number of halogens is 1. The summed E-state index contributed by atoms with van der Waals surface area (Å²) in [4.78, 5) is 0. The lowest BCUT2D eigenvalue weighted by Crippen LogP contribution is -2.18. The molecule has 1 aromatic rings. The Hall–Kier alpha value is -0.930. The number of fused-ring (bicyclic) bond motifs is 1. The zero-order chi connectivity index (χ0) is 11.3. The molecule has 3 nitrogen and oxygen atoms in total. The zero-order valence-electron chi connectivity index (χ0n) is 9.05. The first-order valence-electron chi connectivity index (χ1n) is 5.43. The maximum absolute atomic E-state index is 10.1. The van der Waals surface area contributed by atoms with Gasteiger partial charge in [0.15, 0.2) is 11.5 Å². The summed E-state index contributed by atoms with van der Waals surface area (Å²) >= 11 is 6.26. The zero-order valence-corrected chi connectivity index (χ0v) is 9.80. The van der Waals surface area contributed by atoms with E-state index in [9.17, 15) is 5.11 Å². The Morgan fingerprint density at radius 2 is 2.00 bits per heavy atom. The Balaban J connectivity index is 2.17. The van der Waals surface area contributed by atoms with Gasteiger partial charge in [-0.3, -0.25) is 0 Å². The molecule has 86 valence electrons. The van der Waals surface area contributed by atoms with E-state index in [1.807, 2.05) is 13.0 Å². The van der Waals surface area contributed by atoms with Gasteiger partial charge in [-0.25, -0.2) is 0 Å². The fraction of sp³-hybridized carbons (Fsp3) is 0.500. The lowest BCUT2D eigenvalue weighted by Gasteiger charge is -2.23. The van der Waals surface area contributed by atoms with Crippen molar-refractivity contribution >= 4 is 11.6 Å². The topological polar surface area (TPSA) is 38.7 Å². The van der Waals surface area contributed by atoms with Gasteiger partial charge in [-0.2, -0.15) is 0 Å². The van der Waals surface area contributed by atoms with Gasteiger partial charge in [0.25, 0.3) is 0 Å². The third-order valence-electron chi connectivity index (χ3n) is 3.22. The number of benzene rings is 1. The maximum atomic E-state index is 10.1. The van der Waals surface area contributed by atoms with E-state index in [0.29, 0.717) is 29.7 Å². The van der Waals surface area contributed by atoms with Crippen molar-refractivity contribution in [1.82, 2.24) is 0 Å². The van der Waals surface area contributed by atoms with Crippen LogP contribution in [0.5, 0.6) is 11.5 Å². The molecule has 3 rings (SSSR count). The molecule has 0 amide bonds. The van der Waals surface area contributed by atoms with E-state index in [4.69, 9.17) is 21.1 Å². The average molecular weight is 241 g/mol. The minimum Gasteiger partial charge on any atom is -0.486 e. The molecule has 1 heterocycles. The van der Waals surface area contributed by atoms with Crippen LogP contribution in [-0.2, 0) is 5.60 Å². The predicted molar refractivity (Wildman–Crippen MR) is 60.3 cm³/mol. The van der Waals surface area contributed by atoms with Crippen molar-refractivity contribution < 1.29 is 14.6 Å². The van der Waals surface area contributed by atoms with Gasteiger partial charge < -0.3 is 14.6 Å². The van der Waals surface area contributed by atoms with Crippen LogP contribution in [0.2, 0.25) is 5.02 Å². The van der Waals surface area contributed by atoms with Crippen molar-refractivity contribution in [3.8, 4) is 11.5 Å². The van der Waals surface area contributed by atoms with E-state index in [-0.39, 0.29) is 0 Å². The molecule has 0 saturated heterocycles. The van der Waals surface area contributed by atoms with Gasteiger partial charge in [-0.1, -0.05) is 11.6 Å². The highest BCUT2D eigenvalue weighted by molar-refractivity contribution is 6.32. The van der Waals surface area contributed by atoms with Crippen LogP contribution in [0, 0.1) is 6.92 Å². The summed E-state index contributed by atoms with van der Waals surface area (Å²) in [5.41, 5.74) is 0.891. The van der Waals surface area contributed by atoms with Crippen molar-refractivity contribution in [2.24, 2.45) is 0 Å². The number of ether oxygens (including phenoxy) is 2. The van der Waals surface area contributed by atoms with E-state index >= 15 is 0 Å². The molecule has 1 aromatic carbocycles. The highest BCUT2D eigenvalue weighted by Crippen LogP contribution is 2.52. The van der Waals surface area contributed by atoms with Gasteiger partial charge in [-0.05, 0) is 25.8 Å². The van der Waals surface area contributed by atoms with Crippen LogP contribution >= 0.6 is 11.6 Å². The monoisotopic (exact) mass is 240 g/mol. The molecule has 0 atom stereocenters. The minimum absolute atomic E-state index is 0.548. The molecule has 0 aromatic heterocycles. The Morgan fingerprint density at radius 3 is 2.69 bits per heavy atom. The van der Waals surface area contributed by atoms with Gasteiger partial charge in [0, 0.05) is 11.1 Å². The molecular formula is C12H13ClO3. The van der Waals surface area contributed by atoms with Crippen molar-refractivity contribution in [3.05, 3.63) is 22.2 Å². The molecule has 0 radical (unpaired) electrons. The average Bonchev–Trinajstić information content (AvgIpc) is 3.03. The quantitative estimate of drug-likeness (QED) is 0.819. The molecule has 2 aliphatic rings. The molecule has 1 saturated carbocycles. The van der Waals surface area contributed by atoms with Crippen molar-refractivity contribution in [2.45, 2.75) is 25.4 Å². The largest absolute Gasteiger partial charge is 0.486 e. The van der Waals surface area contributed by atoms with Crippen molar-refractivity contribution in [2.75, 3.05) is 13.2 Å². The second kappa shape index (κ2) is 3.28. The normalized spacial score (nSPS) is 20.7. The number of hydrogen-bond acceptors (Lipinski definition) is 3. The van der Waals surface area contributed by atoms with Crippen LogP contribution in [0.3, 0.4) is 0 Å². The minimum atomic E-state index is -0.738. The molecule has 0 spiro atoms. The summed E-state index contributed by atoms with van der Waals surface area (Å²) in [6, 6.07) is 1.82. The Kier molecular flexibility index (Phi) is 2.10. The van der Waals surface area contributed by atoms with Crippen LogP contribution in [0.4, 0.5) is 0 Å². The number of rotatable bonds is 1. The molecule has 1 aliphatic carbocycles. The standard InChI is InChI=1S/C12H13ClO3/c1-7-10(13)8(12(14)2-3-12)6-9-11(7)16-5-4-15-9/h6,14H,2-5H2,1H3. The SMILES string of the molecule is Cc1c(Cl)c(C2(O)CC2)cc2c1OCCO2. The second-order valence-corrected chi connectivity index (χ2v) is 4.80. The molecule has 1 N–H and O–H groups in total. The second-order valence-electron chi connectivity index (χ2n) is 4.42. The Morgan fingerprint density at radius 1 is 1.31 bits per heavy atom. The summed E-state index contributed by atoms with van der Waals surface area (Å²) in [6.45, 7) is 2.99. The van der Waals surface area contributed by atoms with Crippen LogP contribution in [0.15, 0.2) is 6.07 Å².